The van der Waals surface area contributed by atoms with Crippen LogP contribution in [0.2, 0.25) is 0 Å². The molecule has 0 bridgehead atoms. The van der Waals surface area contributed by atoms with Crippen molar-refractivity contribution in [3.05, 3.63) is 218 Å². The maximum absolute atomic E-state index is 7.11. The number of benzene rings is 12. The van der Waals surface area contributed by atoms with E-state index in [0.29, 0.717) is 0 Å². The first-order chi connectivity index (χ1) is 33.7. The zero-order valence-electron chi connectivity index (χ0n) is 36.8. The molecule has 0 spiro atoms. The van der Waals surface area contributed by atoms with Gasteiger partial charge in [-0.15, -0.1) is 0 Å². The normalized spacial score (nSPS) is 13.2. The zero-order chi connectivity index (χ0) is 44.2. The van der Waals surface area contributed by atoms with Crippen molar-refractivity contribution in [3.63, 3.8) is 0 Å². The molecule has 0 N–H and O–H groups in total. The monoisotopic (exact) mass is 858 g/mol. The number of hydrogen-bond acceptors (Lipinski definition) is 2. The van der Waals surface area contributed by atoms with E-state index in [1.54, 1.807) is 0 Å². The summed E-state index contributed by atoms with van der Waals surface area (Å²) in [4.78, 5) is 0. The summed E-state index contributed by atoms with van der Waals surface area (Å²) in [7, 11) is 0. The Bertz CT molecular complexity index is 3860. The first kappa shape index (κ1) is 36.6. The molecule has 0 saturated carbocycles. The quantitative estimate of drug-likeness (QED) is 0.130. The molecule has 0 amide bonds. The van der Waals surface area contributed by atoms with Crippen LogP contribution in [-0.2, 0) is 0 Å². The highest BCUT2D eigenvalue weighted by atomic mass is 16.5. The molecule has 12 aromatic carbocycles. The van der Waals surface area contributed by atoms with Crippen molar-refractivity contribution >= 4 is 78.5 Å². The molecule has 0 aromatic heterocycles. The molecule has 0 saturated heterocycles. The molecule has 0 unspecified atom stereocenters. The molecule has 0 radical (unpaired) electrons. The van der Waals surface area contributed by atoms with Gasteiger partial charge < -0.3 is 9.47 Å². The van der Waals surface area contributed by atoms with E-state index in [9.17, 15) is 0 Å². The standard InChI is InChI=1S/C64H36B2O2/c1-5-13-37(14-6-1)41-23-27-51-55(33-41)67-57-35-45(39-17-9-3-10-18-39)29-49-47-25-22-44-32-54-62-48(26-21-43-31-53(65(51)63(49)57)61(47)59(44)60(43)62)50-30-46(40-19-11-4-12-20-40)36-58-64(50)66(54)52-28-24-42(34-56(52)68-58)38-15-7-2-8-16-38/h1-36H. The van der Waals surface area contributed by atoms with Crippen LogP contribution in [0.3, 0.4) is 0 Å². The van der Waals surface area contributed by atoms with Crippen LogP contribution in [0, 0.1) is 0 Å². The van der Waals surface area contributed by atoms with Gasteiger partial charge in [0.2, 0.25) is 0 Å². The van der Waals surface area contributed by atoms with E-state index < -0.39 is 0 Å². The number of fused-ring (bicyclic) bond motifs is 8. The first-order valence-corrected chi connectivity index (χ1v) is 23.7. The van der Waals surface area contributed by atoms with E-state index in [1.165, 1.54) is 110 Å². The van der Waals surface area contributed by atoms with Crippen LogP contribution in [0.25, 0.3) is 99.1 Å². The molecule has 4 heterocycles. The van der Waals surface area contributed by atoms with Crippen LogP contribution in [0.1, 0.15) is 0 Å². The Labute approximate surface area is 394 Å². The maximum atomic E-state index is 7.11. The van der Waals surface area contributed by atoms with Crippen LogP contribution >= 0.6 is 0 Å². The highest BCUT2D eigenvalue weighted by Gasteiger charge is 2.44. The van der Waals surface area contributed by atoms with Crippen LogP contribution < -0.4 is 42.3 Å². The lowest BCUT2D eigenvalue weighted by molar-refractivity contribution is 0.488. The lowest BCUT2D eigenvalue weighted by Gasteiger charge is -2.37. The fourth-order valence-corrected chi connectivity index (χ4v) is 12.6. The minimum atomic E-state index is -0.00940. The van der Waals surface area contributed by atoms with Gasteiger partial charge in [-0.1, -0.05) is 193 Å². The molecule has 4 aliphatic rings. The molecule has 4 aliphatic heterocycles. The van der Waals surface area contributed by atoms with Gasteiger partial charge in [0.1, 0.15) is 23.0 Å². The molecule has 16 rings (SSSR count). The molecule has 2 nitrogen and oxygen atoms in total. The largest absolute Gasteiger partial charge is 0.458 e. The molecule has 12 aromatic rings. The van der Waals surface area contributed by atoms with Crippen molar-refractivity contribution in [3.8, 4) is 89.8 Å². The van der Waals surface area contributed by atoms with Gasteiger partial charge in [-0.05, 0) is 157 Å². The number of hydrogen-bond donors (Lipinski definition) is 0. The smallest absolute Gasteiger partial charge is 0.252 e. The Morgan fingerprint density at radius 3 is 1.00 bits per heavy atom. The molecule has 0 atom stereocenters. The molecule has 0 aliphatic carbocycles. The van der Waals surface area contributed by atoms with Gasteiger partial charge in [0, 0.05) is 0 Å². The second-order valence-electron chi connectivity index (χ2n) is 19.0. The van der Waals surface area contributed by atoms with Crippen molar-refractivity contribution in [2.45, 2.75) is 0 Å². The van der Waals surface area contributed by atoms with Crippen LogP contribution in [0.15, 0.2) is 218 Å². The molecule has 0 fully saturated rings. The fourth-order valence-electron chi connectivity index (χ4n) is 12.6. The second-order valence-corrected chi connectivity index (χ2v) is 19.0. The fraction of sp³-hybridized carbons (Fsp3) is 0. The van der Waals surface area contributed by atoms with E-state index in [1.807, 2.05) is 0 Å². The molecular formula is C64H36B2O2. The summed E-state index contributed by atoms with van der Waals surface area (Å²) in [5.41, 5.74) is 22.0. The predicted molar refractivity (Wildman–Crippen MR) is 285 cm³/mol. The summed E-state index contributed by atoms with van der Waals surface area (Å²) in [5, 5.41) is 7.91. The van der Waals surface area contributed by atoms with Crippen molar-refractivity contribution < 1.29 is 9.47 Å². The average molecular weight is 859 g/mol. The van der Waals surface area contributed by atoms with Crippen molar-refractivity contribution in [1.82, 2.24) is 0 Å². The van der Waals surface area contributed by atoms with E-state index in [4.69, 9.17) is 9.47 Å². The van der Waals surface area contributed by atoms with Crippen LogP contribution in [0.5, 0.6) is 23.0 Å². The first-order valence-electron chi connectivity index (χ1n) is 23.7. The third kappa shape index (κ3) is 4.99. The topological polar surface area (TPSA) is 18.5 Å². The average Bonchev–Trinajstić information content (AvgIpc) is 3.41. The Morgan fingerprint density at radius 2 is 0.603 bits per heavy atom. The number of rotatable bonds is 4. The molecule has 68 heavy (non-hydrogen) atoms. The summed E-state index contributed by atoms with van der Waals surface area (Å²) in [5.74, 6) is 3.70. The van der Waals surface area contributed by atoms with E-state index in [2.05, 4.69) is 218 Å². The summed E-state index contributed by atoms with van der Waals surface area (Å²) >= 11 is 0. The van der Waals surface area contributed by atoms with Crippen molar-refractivity contribution in [1.29, 1.82) is 0 Å². The van der Waals surface area contributed by atoms with Crippen LogP contribution in [0.4, 0.5) is 0 Å². The van der Waals surface area contributed by atoms with Crippen LogP contribution in [-0.4, -0.2) is 13.4 Å². The predicted octanol–water partition coefficient (Wildman–Crippen LogP) is 12.5. The maximum Gasteiger partial charge on any atom is 0.252 e. The molecule has 310 valence electrons. The Balaban J connectivity index is 0.993. The molecule has 4 heteroatoms. The minimum absolute atomic E-state index is 0.00940. The zero-order valence-corrected chi connectivity index (χ0v) is 36.8. The third-order valence-electron chi connectivity index (χ3n) is 15.5. The van der Waals surface area contributed by atoms with Gasteiger partial charge in [0.05, 0.1) is 0 Å². The number of ether oxygens (including phenoxy) is 2. The summed E-state index contributed by atoms with van der Waals surface area (Å²) in [6, 6.07) is 80.6. The Morgan fingerprint density at radius 1 is 0.235 bits per heavy atom. The van der Waals surface area contributed by atoms with E-state index >= 15 is 0 Å². The van der Waals surface area contributed by atoms with Gasteiger partial charge in [-0.25, -0.2) is 0 Å². The lowest BCUT2D eigenvalue weighted by Crippen LogP contribution is -2.58. The van der Waals surface area contributed by atoms with E-state index in [-0.39, 0.29) is 13.4 Å². The van der Waals surface area contributed by atoms with Gasteiger partial charge in [-0.3, -0.25) is 0 Å². The second kappa shape index (κ2) is 13.5. The van der Waals surface area contributed by atoms with Gasteiger partial charge in [0.15, 0.2) is 0 Å². The van der Waals surface area contributed by atoms with Gasteiger partial charge in [0.25, 0.3) is 13.4 Å². The molecular weight excluding hydrogens is 822 g/mol. The van der Waals surface area contributed by atoms with Gasteiger partial charge in [-0.2, -0.15) is 0 Å². The highest BCUT2D eigenvalue weighted by molar-refractivity contribution is 7.01. The minimum Gasteiger partial charge on any atom is -0.458 e. The van der Waals surface area contributed by atoms with E-state index in [0.717, 1.165) is 45.3 Å². The highest BCUT2D eigenvalue weighted by Crippen LogP contribution is 2.48. The lowest BCUT2D eigenvalue weighted by atomic mass is 9.32. The van der Waals surface area contributed by atoms with Crippen molar-refractivity contribution in [2.24, 2.45) is 0 Å². The summed E-state index contributed by atoms with van der Waals surface area (Å²) < 4.78 is 14.2. The summed E-state index contributed by atoms with van der Waals surface area (Å²) in [6.45, 7) is -0.0188. The Kier molecular flexibility index (Phi) is 7.27. The SMILES string of the molecule is c1ccc(-c2ccc3c(c2)Oc2cc(-c4ccccc4)cc4c2B3c2cc3ccc5c6c(cc7ccc-4c2c7c36)B2c3ccc(-c4ccccc4)cc3Oc3cc(-c4ccccc4)cc-5c32)cc1. The summed E-state index contributed by atoms with van der Waals surface area (Å²) in [6.07, 6.45) is 0. The Hall–Kier alpha value is -8.59. The third-order valence-corrected chi connectivity index (χ3v) is 15.5. The van der Waals surface area contributed by atoms with Crippen molar-refractivity contribution in [2.75, 3.05) is 0 Å². The van der Waals surface area contributed by atoms with Gasteiger partial charge >= 0.3 is 0 Å².